The van der Waals surface area contributed by atoms with Crippen molar-refractivity contribution in [2.45, 2.75) is 19.3 Å². The van der Waals surface area contributed by atoms with Gasteiger partial charge < -0.3 is 9.80 Å². The predicted octanol–water partition coefficient (Wildman–Crippen LogP) is 2.08. The van der Waals surface area contributed by atoms with Crippen molar-refractivity contribution < 1.29 is 4.79 Å². The number of rotatable bonds is 3. The molecule has 108 valence electrons. The van der Waals surface area contributed by atoms with Crippen molar-refractivity contribution in [1.82, 2.24) is 14.8 Å². The van der Waals surface area contributed by atoms with Gasteiger partial charge in [-0.05, 0) is 56.9 Å². The van der Waals surface area contributed by atoms with Crippen LogP contribution in [0.3, 0.4) is 0 Å². The van der Waals surface area contributed by atoms with E-state index in [0.717, 1.165) is 31.6 Å². The Balaban J connectivity index is 1.76. The number of carbonyl (C=O) groups is 1. The van der Waals surface area contributed by atoms with Gasteiger partial charge in [0.15, 0.2) is 0 Å². The molecule has 1 aromatic heterocycles. The molecule has 2 aliphatic heterocycles. The summed E-state index contributed by atoms with van der Waals surface area (Å²) >= 11 is 5.98. The SMILES string of the molecule is CN1CC(CCN2CCC2)Cc2nc(Cl)ccc2C1=O. The summed E-state index contributed by atoms with van der Waals surface area (Å²) in [7, 11) is 1.88. The van der Waals surface area contributed by atoms with Gasteiger partial charge in [-0.3, -0.25) is 4.79 Å². The molecule has 0 radical (unpaired) electrons. The minimum absolute atomic E-state index is 0.0654. The van der Waals surface area contributed by atoms with Crippen LogP contribution in [0.4, 0.5) is 0 Å². The maximum absolute atomic E-state index is 12.3. The summed E-state index contributed by atoms with van der Waals surface area (Å²) in [6.07, 6.45) is 3.29. The number of fused-ring (bicyclic) bond motifs is 1. The Morgan fingerprint density at radius 1 is 1.40 bits per heavy atom. The molecule has 1 aromatic rings. The van der Waals surface area contributed by atoms with Gasteiger partial charge in [0.05, 0.1) is 11.3 Å². The van der Waals surface area contributed by atoms with Crippen LogP contribution in [-0.2, 0) is 6.42 Å². The second-order valence-corrected chi connectivity index (χ2v) is 6.26. The molecule has 0 aliphatic carbocycles. The Bertz CT molecular complexity index is 516. The normalized spacial score (nSPS) is 23.2. The third-order valence-electron chi connectivity index (χ3n) is 4.33. The molecule has 1 unspecified atom stereocenters. The highest BCUT2D eigenvalue weighted by Gasteiger charge is 2.27. The molecule has 20 heavy (non-hydrogen) atoms. The predicted molar refractivity (Wildman–Crippen MR) is 79.1 cm³/mol. The van der Waals surface area contributed by atoms with Gasteiger partial charge in [0.1, 0.15) is 5.15 Å². The monoisotopic (exact) mass is 293 g/mol. The third kappa shape index (κ3) is 2.81. The molecular formula is C15H20ClN3O. The average molecular weight is 294 g/mol. The van der Waals surface area contributed by atoms with Crippen LogP contribution in [0, 0.1) is 5.92 Å². The van der Waals surface area contributed by atoms with E-state index >= 15 is 0 Å². The minimum Gasteiger partial charge on any atom is -0.341 e. The van der Waals surface area contributed by atoms with Crippen molar-refractivity contribution in [2.75, 3.05) is 33.2 Å². The van der Waals surface area contributed by atoms with Gasteiger partial charge in [0, 0.05) is 13.6 Å². The van der Waals surface area contributed by atoms with E-state index in [1.807, 2.05) is 11.9 Å². The molecule has 1 atom stereocenters. The molecule has 1 saturated heterocycles. The molecule has 5 heteroatoms. The molecule has 0 bridgehead atoms. The molecular weight excluding hydrogens is 274 g/mol. The van der Waals surface area contributed by atoms with Crippen LogP contribution in [0.25, 0.3) is 0 Å². The standard InChI is InChI=1S/C15H20ClN3O/c1-18-10-11(5-8-19-6-2-7-19)9-13-12(15(18)20)3-4-14(16)17-13/h3-4,11H,2,5-10H2,1H3. The summed E-state index contributed by atoms with van der Waals surface area (Å²) in [4.78, 5) is 21.0. The fraction of sp³-hybridized carbons (Fsp3) is 0.600. The lowest BCUT2D eigenvalue weighted by molar-refractivity contribution is 0.0774. The van der Waals surface area contributed by atoms with E-state index in [-0.39, 0.29) is 5.91 Å². The van der Waals surface area contributed by atoms with Crippen molar-refractivity contribution in [2.24, 2.45) is 5.92 Å². The number of aromatic nitrogens is 1. The maximum Gasteiger partial charge on any atom is 0.255 e. The highest BCUT2D eigenvalue weighted by atomic mass is 35.5. The van der Waals surface area contributed by atoms with Crippen LogP contribution in [0.1, 0.15) is 28.9 Å². The zero-order valence-corrected chi connectivity index (χ0v) is 12.6. The first kappa shape index (κ1) is 13.8. The van der Waals surface area contributed by atoms with E-state index in [9.17, 15) is 4.79 Å². The molecule has 0 spiro atoms. The molecule has 1 fully saturated rings. The fourth-order valence-electron chi connectivity index (χ4n) is 3.00. The lowest BCUT2D eigenvalue weighted by Crippen LogP contribution is -2.39. The largest absolute Gasteiger partial charge is 0.341 e. The fourth-order valence-corrected chi connectivity index (χ4v) is 3.17. The van der Waals surface area contributed by atoms with Crippen LogP contribution in [0.15, 0.2) is 12.1 Å². The van der Waals surface area contributed by atoms with Gasteiger partial charge in [-0.2, -0.15) is 0 Å². The molecule has 0 saturated carbocycles. The van der Waals surface area contributed by atoms with Crippen LogP contribution in [-0.4, -0.2) is 53.9 Å². The van der Waals surface area contributed by atoms with E-state index in [1.165, 1.54) is 19.5 Å². The van der Waals surface area contributed by atoms with Crippen molar-refractivity contribution in [3.8, 4) is 0 Å². The van der Waals surface area contributed by atoms with E-state index in [4.69, 9.17) is 11.6 Å². The topological polar surface area (TPSA) is 36.4 Å². The van der Waals surface area contributed by atoms with Crippen LogP contribution < -0.4 is 0 Å². The Morgan fingerprint density at radius 2 is 2.20 bits per heavy atom. The van der Waals surface area contributed by atoms with Crippen LogP contribution >= 0.6 is 11.6 Å². The maximum atomic E-state index is 12.3. The van der Waals surface area contributed by atoms with Crippen LogP contribution in [0.2, 0.25) is 5.15 Å². The minimum atomic E-state index is 0.0654. The number of hydrogen-bond acceptors (Lipinski definition) is 3. The number of amides is 1. The van der Waals surface area contributed by atoms with Crippen molar-refractivity contribution in [3.63, 3.8) is 0 Å². The summed E-state index contributed by atoms with van der Waals surface area (Å²) in [5, 5.41) is 0.475. The zero-order valence-electron chi connectivity index (χ0n) is 11.8. The van der Waals surface area contributed by atoms with Gasteiger partial charge >= 0.3 is 0 Å². The third-order valence-corrected chi connectivity index (χ3v) is 4.54. The second kappa shape index (κ2) is 5.70. The molecule has 0 N–H and O–H groups in total. The quantitative estimate of drug-likeness (QED) is 0.801. The number of pyridine rings is 1. The lowest BCUT2D eigenvalue weighted by atomic mass is 9.97. The first-order valence-corrected chi connectivity index (χ1v) is 7.64. The molecule has 2 aliphatic rings. The Kier molecular flexibility index (Phi) is 3.94. The van der Waals surface area contributed by atoms with E-state index in [1.54, 1.807) is 12.1 Å². The molecule has 0 aromatic carbocycles. The van der Waals surface area contributed by atoms with Gasteiger partial charge in [-0.25, -0.2) is 4.98 Å². The second-order valence-electron chi connectivity index (χ2n) is 5.87. The van der Waals surface area contributed by atoms with Crippen molar-refractivity contribution >= 4 is 17.5 Å². The smallest absolute Gasteiger partial charge is 0.255 e. The number of hydrogen-bond donors (Lipinski definition) is 0. The Morgan fingerprint density at radius 3 is 2.90 bits per heavy atom. The molecule has 3 heterocycles. The van der Waals surface area contributed by atoms with E-state index in [0.29, 0.717) is 16.6 Å². The summed E-state index contributed by atoms with van der Waals surface area (Å²) in [6, 6.07) is 3.51. The van der Waals surface area contributed by atoms with Crippen LogP contribution in [0.5, 0.6) is 0 Å². The molecule has 3 rings (SSSR count). The first-order chi connectivity index (χ1) is 9.63. The summed E-state index contributed by atoms with van der Waals surface area (Å²) in [5.41, 5.74) is 1.57. The average Bonchev–Trinajstić information content (AvgIpc) is 2.46. The highest BCUT2D eigenvalue weighted by Crippen LogP contribution is 2.24. The highest BCUT2D eigenvalue weighted by molar-refractivity contribution is 6.29. The number of nitrogens with zero attached hydrogens (tertiary/aromatic N) is 3. The number of likely N-dealkylation sites (tertiary alicyclic amines) is 1. The van der Waals surface area contributed by atoms with Gasteiger partial charge in [0.2, 0.25) is 0 Å². The summed E-state index contributed by atoms with van der Waals surface area (Å²) in [5.74, 6) is 0.535. The number of carbonyl (C=O) groups excluding carboxylic acids is 1. The Hall–Kier alpha value is -1.13. The van der Waals surface area contributed by atoms with Gasteiger partial charge in [-0.1, -0.05) is 11.6 Å². The first-order valence-electron chi connectivity index (χ1n) is 7.27. The summed E-state index contributed by atoms with van der Waals surface area (Å²) < 4.78 is 0. The molecule has 4 nitrogen and oxygen atoms in total. The van der Waals surface area contributed by atoms with Gasteiger partial charge in [0.25, 0.3) is 5.91 Å². The van der Waals surface area contributed by atoms with Gasteiger partial charge in [-0.15, -0.1) is 0 Å². The Labute approximate surface area is 124 Å². The van der Waals surface area contributed by atoms with Crippen molar-refractivity contribution in [1.29, 1.82) is 0 Å². The lowest BCUT2D eigenvalue weighted by Gasteiger charge is -2.32. The molecule has 1 amide bonds. The number of halogens is 1. The van der Waals surface area contributed by atoms with E-state index < -0.39 is 0 Å². The van der Waals surface area contributed by atoms with E-state index in [2.05, 4.69) is 9.88 Å². The zero-order chi connectivity index (χ0) is 14.1. The van der Waals surface area contributed by atoms with Crippen molar-refractivity contribution in [3.05, 3.63) is 28.5 Å². The summed E-state index contributed by atoms with van der Waals surface area (Å²) in [6.45, 7) is 4.38.